The molecule has 1 saturated carbocycles. The van der Waals surface area contributed by atoms with Crippen LogP contribution in [0.25, 0.3) is 0 Å². The monoisotopic (exact) mass is 209 g/mol. The van der Waals surface area contributed by atoms with E-state index in [1.807, 2.05) is 0 Å². The van der Waals surface area contributed by atoms with E-state index in [0.717, 1.165) is 25.0 Å². The van der Waals surface area contributed by atoms with E-state index in [2.05, 4.69) is 17.4 Å². The number of rotatable bonds is 6. The fraction of sp³-hybridized carbons (Fsp3) is 1.00. The molecule has 0 amide bonds. The van der Waals surface area contributed by atoms with Crippen LogP contribution in [-0.4, -0.2) is 26.0 Å². The highest BCUT2D eigenvalue weighted by Gasteiger charge is 2.26. The standard InChI is InChI=1S/C7H15NO2S2/c9-12(10,6-2-1-5-11)8-7-3-4-7/h7-8,11H,1-6H2. The maximum absolute atomic E-state index is 11.2. The molecule has 0 unspecified atom stereocenters. The van der Waals surface area contributed by atoms with E-state index >= 15 is 0 Å². The molecule has 0 aliphatic heterocycles. The topological polar surface area (TPSA) is 46.2 Å². The van der Waals surface area contributed by atoms with Crippen molar-refractivity contribution < 1.29 is 8.42 Å². The molecule has 1 fully saturated rings. The summed E-state index contributed by atoms with van der Waals surface area (Å²) in [5.41, 5.74) is 0. The Balaban J connectivity index is 2.17. The zero-order chi connectivity index (χ0) is 9.03. The number of thiol groups is 1. The third kappa shape index (κ3) is 4.33. The van der Waals surface area contributed by atoms with E-state index in [4.69, 9.17) is 0 Å². The van der Waals surface area contributed by atoms with Gasteiger partial charge in [-0.05, 0) is 31.4 Å². The molecule has 0 saturated heterocycles. The molecular weight excluding hydrogens is 194 g/mol. The molecule has 1 aliphatic carbocycles. The van der Waals surface area contributed by atoms with Crippen LogP contribution >= 0.6 is 12.6 Å². The summed E-state index contributed by atoms with van der Waals surface area (Å²) >= 11 is 4.02. The summed E-state index contributed by atoms with van der Waals surface area (Å²) in [6.45, 7) is 0. The molecule has 0 radical (unpaired) electrons. The van der Waals surface area contributed by atoms with Gasteiger partial charge in [0.1, 0.15) is 0 Å². The zero-order valence-electron chi connectivity index (χ0n) is 6.99. The van der Waals surface area contributed by atoms with Crippen LogP contribution in [0.1, 0.15) is 25.7 Å². The minimum absolute atomic E-state index is 0.242. The first-order valence-corrected chi connectivity index (χ1v) is 6.53. The second-order valence-corrected chi connectivity index (χ2v) is 5.46. The highest BCUT2D eigenvalue weighted by molar-refractivity contribution is 7.89. The second-order valence-electron chi connectivity index (χ2n) is 3.14. The van der Waals surface area contributed by atoms with Crippen molar-refractivity contribution in [1.29, 1.82) is 0 Å². The van der Waals surface area contributed by atoms with Gasteiger partial charge in [-0.3, -0.25) is 0 Å². The number of sulfonamides is 1. The summed E-state index contributed by atoms with van der Waals surface area (Å²) in [6.07, 6.45) is 3.60. The molecule has 0 spiro atoms. The lowest BCUT2D eigenvalue weighted by molar-refractivity contribution is 0.578. The largest absolute Gasteiger partial charge is 0.212 e. The van der Waals surface area contributed by atoms with Crippen molar-refractivity contribution in [3.63, 3.8) is 0 Å². The summed E-state index contributed by atoms with van der Waals surface area (Å²) in [5.74, 6) is 1.02. The van der Waals surface area contributed by atoms with Crippen LogP contribution in [0.3, 0.4) is 0 Å². The molecule has 5 heteroatoms. The molecule has 0 heterocycles. The van der Waals surface area contributed by atoms with Crippen molar-refractivity contribution in [3.05, 3.63) is 0 Å². The van der Waals surface area contributed by atoms with Crippen molar-refractivity contribution in [2.45, 2.75) is 31.7 Å². The molecule has 1 aliphatic rings. The third-order valence-electron chi connectivity index (χ3n) is 1.74. The van der Waals surface area contributed by atoms with Crippen LogP contribution in [0, 0.1) is 0 Å². The maximum Gasteiger partial charge on any atom is 0.211 e. The van der Waals surface area contributed by atoms with Gasteiger partial charge in [-0.2, -0.15) is 12.6 Å². The molecule has 1 rings (SSSR count). The minimum Gasteiger partial charge on any atom is -0.212 e. The van der Waals surface area contributed by atoms with Crippen molar-refractivity contribution in [1.82, 2.24) is 4.72 Å². The van der Waals surface area contributed by atoms with Crippen LogP contribution in [0.5, 0.6) is 0 Å². The lowest BCUT2D eigenvalue weighted by Gasteiger charge is -2.03. The Morgan fingerprint density at radius 3 is 2.50 bits per heavy atom. The molecule has 1 N–H and O–H groups in total. The number of hydrogen-bond donors (Lipinski definition) is 2. The van der Waals surface area contributed by atoms with E-state index in [1.54, 1.807) is 0 Å². The lowest BCUT2D eigenvalue weighted by atomic mass is 10.4. The van der Waals surface area contributed by atoms with Crippen LogP contribution in [-0.2, 0) is 10.0 Å². The molecular formula is C7H15NO2S2. The van der Waals surface area contributed by atoms with Gasteiger partial charge in [0.25, 0.3) is 0 Å². The van der Waals surface area contributed by atoms with Crippen LogP contribution in [0.2, 0.25) is 0 Å². The average molecular weight is 209 g/mol. The first-order valence-electron chi connectivity index (χ1n) is 4.25. The van der Waals surface area contributed by atoms with Gasteiger partial charge in [0.05, 0.1) is 5.75 Å². The van der Waals surface area contributed by atoms with Crippen LogP contribution < -0.4 is 4.72 Å². The summed E-state index contributed by atoms with van der Waals surface area (Å²) in [7, 11) is -2.97. The fourth-order valence-corrected chi connectivity index (χ4v) is 2.59. The Kier molecular flexibility index (Phi) is 3.86. The van der Waals surface area contributed by atoms with Crippen molar-refractivity contribution in [2.24, 2.45) is 0 Å². The van der Waals surface area contributed by atoms with Gasteiger partial charge in [0.15, 0.2) is 0 Å². The Hall–Kier alpha value is 0.260. The van der Waals surface area contributed by atoms with Crippen molar-refractivity contribution in [3.8, 4) is 0 Å². The fourth-order valence-electron chi connectivity index (χ4n) is 0.918. The molecule has 0 aromatic heterocycles. The van der Waals surface area contributed by atoms with E-state index in [9.17, 15) is 8.42 Å². The Morgan fingerprint density at radius 1 is 1.33 bits per heavy atom. The Morgan fingerprint density at radius 2 is 2.00 bits per heavy atom. The first kappa shape index (κ1) is 10.3. The molecule has 0 aromatic rings. The molecule has 12 heavy (non-hydrogen) atoms. The van der Waals surface area contributed by atoms with Crippen LogP contribution in [0.4, 0.5) is 0 Å². The maximum atomic E-state index is 11.2. The second kappa shape index (κ2) is 4.48. The molecule has 0 atom stereocenters. The van der Waals surface area contributed by atoms with E-state index in [0.29, 0.717) is 6.42 Å². The summed E-state index contributed by atoms with van der Waals surface area (Å²) < 4.78 is 25.1. The van der Waals surface area contributed by atoms with E-state index < -0.39 is 10.0 Å². The minimum atomic E-state index is -2.97. The molecule has 3 nitrogen and oxygen atoms in total. The smallest absolute Gasteiger partial charge is 0.211 e. The normalized spacial score (nSPS) is 18.1. The summed E-state index contributed by atoms with van der Waals surface area (Å²) in [6, 6.07) is 0.242. The number of hydrogen-bond acceptors (Lipinski definition) is 3. The van der Waals surface area contributed by atoms with Gasteiger partial charge >= 0.3 is 0 Å². The predicted molar refractivity (Wildman–Crippen MR) is 53.0 cm³/mol. The quantitative estimate of drug-likeness (QED) is 0.501. The Labute approximate surface area is 79.4 Å². The van der Waals surface area contributed by atoms with Crippen LogP contribution in [0.15, 0.2) is 0 Å². The summed E-state index contributed by atoms with van der Waals surface area (Å²) in [4.78, 5) is 0. The molecule has 0 aromatic carbocycles. The van der Waals surface area contributed by atoms with E-state index in [1.165, 1.54) is 0 Å². The predicted octanol–water partition coefficient (Wildman–Crippen LogP) is 0.778. The molecule has 0 bridgehead atoms. The third-order valence-corrected chi connectivity index (χ3v) is 3.58. The van der Waals surface area contributed by atoms with Crippen molar-refractivity contribution >= 4 is 22.7 Å². The number of nitrogens with one attached hydrogen (secondary N) is 1. The lowest BCUT2D eigenvalue weighted by Crippen LogP contribution is -2.28. The zero-order valence-corrected chi connectivity index (χ0v) is 8.70. The van der Waals surface area contributed by atoms with Gasteiger partial charge in [0.2, 0.25) is 10.0 Å². The number of unbranched alkanes of at least 4 members (excludes halogenated alkanes) is 1. The summed E-state index contributed by atoms with van der Waals surface area (Å²) in [5, 5.41) is 0. The Bertz CT molecular complexity index is 222. The average Bonchev–Trinajstić information content (AvgIpc) is 2.71. The molecule has 72 valence electrons. The van der Waals surface area contributed by atoms with Gasteiger partial charge in [-0.25, -0.2) is 13.1 Å². The van der Waals surface area contributed by atoms with Gasteiger partial charge in [-0.15, -0.1) is 0 Å². The van der Waals surface area contributed by atoms with Gasteiger partial charge in [0, 0.05) is 6.04 Å². The SMILES string of the molecule is O=S(=O)(CCCCS)NC1CC1. The van der Waals surface area contributed by atoms with E-state index in [-0.39, 0.29) is 11.8 Å². The highest BCUT2D eigenvalue weighted by atomic mass is 32.2. The van der Waals surface area contributed by atoms with Gasteiger partial charge < -0.3 is 0 Å². The highest BCUT2D eigenvalue weighted by Crippen LogP contribution is 2.19. The van der Waals surface area contributed by atoms with Crippen molar-refractivity contribution in [2.75, 3.05) is 11.5 Å². The first-order chi connectivity index (χ1) is 5.64. The van der Waals surface area contributed by atoms with Gasteiger partial charge in [-0.1, -0.05) is 0 Å².